The number of H-pyrrole nitrogens is 2. The summed E-state index contributed by atoms with van der Waals surface area (Å²) in [5.74, 6) is -9.23. The van der Waals surface area contributed by atoms with Crippen molar-refractivity contribution >= 4 is 59.1 Å². The normalized spacial score (nSPS) is 14.5. The van der Waals surface area contributed by atoms with Gasteiger partial charge in [-0.1, -0.05) is 13.8 Å². The van der Waals surface area contributed by atoms with E-state index in [9.17, 15) is 47.9 Å². The van der Waals surface area contributed by atoms with Crippen LogP contribution in [0.25, 0.3) is 0 Å². The number of aromatic nitrogens is 4. The van der Waals surface area contributed by atoms with Crippen molar-refractivity contribution in [3.8, 4) is 0 Å². The van der Waals surface area contributed by atoms with Crippen LogP contribution in [0.5, 0.6) is 0 Å². The maximum absolute atomic E-state index is 13.8. The first-order valence-corrected chi connectivity index (χ1v) is 18.3. The standard InChI is InChI=1S/C34H53N15O10/c1-15(2)27(49-31(56)21(5-7-25(37)51)46-30(55)19(35)10-26(38)52)34(59)44-16(3)29(54)47-22(8-17-11-40-13-42-17)33(58)48-23(9-18-12-41-14-43-18)32(57)45-20(28(39)53)4-6-24(36)50/h11-16,19-23,27H,4-10,35H2,1-3H3,(H2,36,50)(H2,37,51)(H2,38,52)(H2,39,53)(H,40,42)(H,41,43)(H,44,59)(H,45,57)(H,46,55)(H,47,54)(H,48,58)(H,49,56)/t16-,19-,20-,21-,22-,23-,27-/m0/s1. The summed E-state index contributed by atoms with van der Waals surface area (Å²) in [4.78, 5) is 140. The minimum Gasteiger partial charge on any atom is -0.370 e. The number of nitrogens with two attached hydrogens (primary N) is 5. The topological polar surface area (TPSA) is 430 Å². The number of hydrogen-bond donors (Lipinski definition) is 13. The first kappa shape index (κ1) is 48.2. The number of carbonyl (C=O) groups is 10. The molecule has 2 heterocycles. The van der Waals surface area contributed by atoms with Crippen LogP contribution in [0.15, 0.2) is 25.0 Å². The second-order valence-corrected chi connectivity index (χ2v) is 14.0. The van der Waals surface area contributed by atoms with Crippen LogP contribution in [0.3, 0.4) is 0 Å². The fourth-order valence-corrected chi connectivity index (χ4v) is 5.37. The third-order valence-corrected chi connectivity index (χ3v) is 8.63. The van der Waals surface area contributed by atoms with E-state index in [4.69, 9.17) is 28.7 Å². The van der Waals surface area contributed by atoms with E-state index in [1.54, 1.807) is 13.8 Å². The lowest BCUT2D eigenvalue weighted by atomic mass is 10.0. The summed E-state index contributed by atoms with van der Waals surface area (Å²) in [6.07, 6.45) is 3.48. The van der Waals surface area contributed by atoms with Crippen LogP contribution in [-0.2, 0) is 60.8 Å². The number of aromatic amines is 2. The molecule has 7 atom stereocenters. The second kappa shape index (κ2) is 23.3. The van der Waals surface area contributed by atoms with E-state index in [1.807, 2.05) is 0 Å². The Bertz CT molecular complexity index is 1800. The van der Waals surface area contributed by atoms with Gasteiger partial charge in [0.05, 0.1) is 25.1 Å². The van der Waals surface area contributed by atoms with Gasteiger partial charge in [-0.3, -0.25) is 47.9 Å². The Labute approximate surface area is 337 Å². The number of imidazole rings is 2. The molecule has 18 N–H and O–H groups in total. The van der Waals surface area contributed by atoms with Crippen LogP contribution in [0.4, 0.5) is 0 Å². The Balaban J connectivity index is 2.26. The molecular weight excluding hydrogens is 778 g/mol. The molecule has 0 aliphatic rings. The predicted octanol–water partition coefficient (Wildman–Crippen LogP) is -6.28. The second-order valence-electron chi connectivity index (χ2n) is 14.0. The van der Waals surface area contributed by atoms with Crippen molar-refractivity contribution < 1.29 is 47.9 Å². The first-order valence-electron chi connectivity index (χ1n) is 18.3. The Kier molecular flexibility index (Phi) is 19.1. The maximum Gasteiger partial charge on any atom is 0.243 e. The zero-order valence-electron chi connectivity index (χ0n) is 32.7. The lowest BCUT2D eigenvalue weighted by Crippen LogP contribution is -2.60. The van der Waals surface area contributed by atoms with Gasteiger partial charge >= 0.3 is 0 Å². The minimum absolute atomic E-state index is 0.161. The van der Waals surface area contributed by atoms with Gasteiger partial charge in [-0.05, 0) is 25.7 Å². The minimum atomic E-state index is -1.42. The number of amides is 10. The summed E-state index contributed by atoms with van der Waals surface area (Å²) in [5.41, 5.74) is 27.4. The van der Waals surface area contributed by atoms with Crippen molar-refractivity contribution in [1.29, 1.82) is 0 Å². The molecule has 324 valence electrons. The molecule has 0 radical (unpaired) electrons. The van der Waals surface area contributed by atoms with Crippen molar-refractivity contribution in [2.75, 3.05) is 0 Å². The van der Waals surface area contributed by atoms with Crippen molar-refractivity contribution in [3.05, 3.63) is 36.4 Å². The molecule has 2 aromatic rings. The zero-order valence-corrected chi connectivity index (χ0v) is 32.7. The molecular formula is C34H53N15O10. The highest BCUT2D eigenvalue weighted by Gasteiger charge is 2.34. The van der Waals surface area contributed by atoms with Gasteiger partial charge in [0.15, 0.2) is 0 Å². The highest BCUT2D eigenvalue weighted by atomic mass is 16.2. The Morgan fingerprint density at radius 2 is 1.00 bits per heavy atom. The monoisotopic (exact) mass is 831 g/mol. The maximum atomic E-state index is 13.8. The van der Waals surface area contributed by atoms with Gasteiger partial charge in [-0.25, -0.2) is 9.97 Å². The third-order valence-electron chi connectivity index (χ3n) is 8.63. The van der Waals surface area contributed by atoms with E-state index >= 15 is 0 Å². The van der Waals surface area contributed by atoms with Crippen LogP contribution >= 0.6 is 0 Å². The van der Waals surface area contributed by atoms with E-state index < -0.39 is 114 Å². The molecule has 0 fully saturated rings. The van der Waals surface area contributed by atoms with Crippen LogP contribution in [-0.4, -0.2) is 121 Å². The quantitative estimate of drug-likeness (QED) is 0.0420. The van der Waals surface area contributed by atoms with E-state index in [0.29, 0.717) is 11.4 Å². The van der Waals surface area contributed by atoms with Crippen molar-refractivity contribution in [3.63, 3.8) is 0 Å². The SMILES string of the molecule is CC(C)[C@H](NC(=O)[C@H](CCC(N)=O)NC(=O)[C@@H](N)CC(N)=O)C(=O)N[C@@H](C)C(=O)N[C@@H](Cc1cnc[nH]1)C(=O)N[C@@H](Cc1cnc[nH]1)C(=O)N[C@@H](CCC(N)=O)C(N)=O. The predicted molar refractivity (Wildman–Crippen MR) is 205 cm³/mol. The molecule has 10 amide bonds. The lowest BCUT2D eigenvalue weighted by molar-refractivity contribution is -0.136. The van der Waals surface area contributed by atoms with Crippen LogP contribution in [0, 0.1) is 5.92 Å². The number of carbonyl (C=O) groups excluding carboxylic acids is 10. The van der Waals surface area contributed by atoms with Crippen molar-refractivity contribution in [2.24, 2.45) is 34.6 Å². The largest absolute Gasteiger partial charge is 0.370 e. The summed E-state index contributed by atoms with van der Waals surface area (Å²) < 4.78 is 0. The summed E-state index contributed by atoms with van der Waals surface area (Å²) in [5, 5.41) is 14.8. The fourth-order valence-electron chi connectivity index (χ4n) is 5.37. The highest BCUT2D eigenvalue weighted by molar-refractivity contribution is 5.97. The number of rotatable bonds is 26. The summed E-state index contributed by atoms with van der Waals surface area (Å²) in [7, 11) is 0. The van der Waals surface area contributed by atoms with Gasteiger partial charge in [0.25, 0.3) is 0 Å². The van der Waals surface area contributed by atoms with Crippen LogP contribution < -0.4 is 60.6 Å². The Morgan fingerprint density at radius 3 is 1.42 bits per heavy atom. The zero-order chi connectivity index (χ0) is 44.4. The average molecular weight is 832 g/mol. The Morgan fingerprint density at radius 1 is 0.559 bits per heavy atom. The Hall–Kier alpha value is -6.92. The third kappa shape index (κ3) is 17.0. The van der Waals surface area contributed by atoms with Gasteiger partial charge in [-0.15, -0.1) is 0 Å². The molecule has 0 spiro atoms. The highest BCUT2D eigenvalue weighted by Crippen LogP contribution is 2.08. The number of nitrogens with zero attached hydrogens (tertiary/aromatic N) is 2. The molecule has 0 unspecified atom stereocenters. The molecule has 0 aliphatic carbocycles. The van der Waals surface area contributed by atoms with Crippen LogP contribution in [0.2, 0.25) is 0 Å². The molecule has 0 aliphatic heterocycles. The molecule has 25 heteroatoms. The fraction of sp³-hybridized carbons (Fsp3) is 0.529. The molecule has 0 saturated heterocycles. The first-order chi connectivity index (χ1) is 27.7. The summed E-state index contributed by atoms with van der Waals surface area (Å²) >= 11 is 0. The molecule has 25 nitrogen and oxygen atoms in total. The summed E-state index contributed by atoms with van der Waals surface area (Å²) in [6.45, 7) is 4.47. The van der Waals surface area contributed by atoms with Gasteiger partial charge in [0.1, 0.15) is 36.3 Å². The number of primary amides is 4. The van der Waals surface area contributed by atoms with Gasteiger partial charge in [0.2, 0.25) is 59.1 Å². The van der Waals surface area contributed by atoms with E-state index in [1.165, 1.54) is 32.0 Å². The summed E-state index contributed by atoms with van der Waals surface area (Å²) in [6, 6.07) is -9.54. The smallest absolute Gasteiger partial charge is 0.243 e. The van der Waals surface area contributed by atoms with Crippen molar-refractivity contribution in [1.82, 2.24) is 51.8 Å². The number of nitrogens with one attached hydrogen (secondary N) is 8. The molecule has 59 heavy (non-hydrogen) atoms. The van der Waals surface area contributed by atoms with Gasteiger partial charge in [-0.2, -0.15) is 0 Å². The average Bonchev–Trinajstić information content (AvgIpc) is 3.87. The van der Waals surface area contributed by atoms with E-state index in [2.05, 4.69) is 51.8 Å². The molecule has 0 aromatic carbocycles. The van der Waals surface area contributed by atoms with Crippen molar-refractivity contribution in [2.45, 2.75) is 108 Å². The van der Waals surface area contributed by atoms with E-state index in [0.717, 1.165) is 0 Å². The van der Waals surface area contributed by atoms with Gasteiger partial charge < -0.3 is 70.5 Å². The lowest BCUT2D eigenvalue weighted by Gasteiger charge is -2.27. The van der Waals surface area contributed by atoms with Crippen LogP contribution in [0.1, 0.15) is 64.3 Å². The number of hydrogen-bond acceptors (Lipinski definition) is 13. The molecule has 2 aromatic heterocycles. The van der Waals surface area contributed by atoms with Gasteiger partial charge in [0, 0.05) is 49.5 Å². The molecule has 2 rings (SSSR count). The molecule has 0 saturated carbocycles. The molecule has 0 bridgehead atoms. The van der Waals surface area contributed by atoms with E-state index in [-0.39, 0.29) is 38.5 Å².